The van der Waals surface area contributed by atoms with Crippen LogP contribution < -0.4 is 5.32 Å². The van der Waals surface area contributed by atoms with E-state index in [0.29, 0.717) is 29.2 Å². The smallest absolute Gasteiger partial charge is 0.260 e. The molecule has 150 valence electrons. The number of halogens is 1. The van der Waals surface area contributed by atoms with E-state index in [2.05, 4.69) is 22.3 Å². The van der Waals surface area contributed by atoms with E-state index in [4.69, 9.17) is 4.74 Å². The number of anilines is 1. The van der Waals surface area contributed by atoms with Crippen molar-refractivity contribution in [3.05, 3.63) is 64.5 Å². The first-order valence-corrected chi connectivity index (χ1v) is 10.1. The van der Waals surface area contributed by atoms with E-state index in [1.165, 1.54) is 17.7 Å². The van der Waals surface area contributed by atoms with Crippen molar-refractivity contribution in [1.82, 2.24) is 4.90 Å². The highest BCUT2D eigenvalue weighted by molar-refractivity contribution is 6.36. The number of hydrogen-bond donors (Lipinski definition) is 2. The largest absolute Gasteiger partial charge is 0.487 e. The Morgan fingerprint density at radius 3 is 2.97 bits per heavy atom. The lowest BCUT2D eigenvalue weighted by Crippen LogP contribution is -2.33. The molecule has 29 heavy (non-hydrogen) atoms. The Kier molecular flexibility index (Phi) is 4.60. The molecule has 5 nitrogen and oxygen atoms in total. The summed E-state index contributed by atoms with van der Waals surface area (Å²) in [5.74, 6) is -0.120. The van der Waals surface area contributed by atoms with Crippen LogP contribution in [0.2, 0.25) is 0 Å². The number of carbonyl (C=O) groups is 1. The van der Waals surface area contributed by atoms with E-state index in [0.717, 1.165) is 43.5 Å². The number of likely N-dealkylation sites (tertiary alicyclic amines) is 1. The van der Waals surface area contributed by atoms with Gasteiger partial charge in [-0.05, 0) is 49.6 Å². The lowest BCUT2D eigenvalue weighted by Gasteiger charge is -2.22. The van der Waals surface area contributed by atoms with Crippen LogP contribution in [0, 0.1) is 5.82 Å². The number of aliphatic hydroxyl groups excluding tert-OH is 1. The molecule has 1 amide bonds. The molecule has 1 unspecified atom stereocenters. The van der Waals surface area contributed by atoms with Crippen LogP contribution in [0.4, 0.5) is 10.1 Å². The highest BCUT2D eigenvalue weighted by atomic mass is 19.1. The number of benzene rings is 2. The number of nitrogens with one attached hydrogen (secondary N) is 1. The van der Waals surface area contributed by atoms with Gasteiger partial charge in [0.2, 0.25) is 0 Å². The van der Waals surface area contributed by atoms with E-state index in [-0.39, 0.29) is 24.4 Å². The molecular weight excluding hydrogens is 371 g/mol. The minimum absolute atomic E-state index is 0.221. The number of carbonyl (C=O) groups excluding carboxylic acids is 1. The van der Waals surface area contributed by atoms with E-state index >= 15 is 0 Å². The van der Waals surface area contributed by atoms with Crippen LogP contribution in [0.1, 0.15) is 35.1 Å². The summed E-state index contributed by atoms with van der Waals surface area (Å²) in [4.78, 5) is 14.9. The molecule has 0 spiro atoms. The van der Waals surface area contributed by atoms with Crippen molar-refractivity contribution in [3.8, 4) is 0 Å². The first-order valence-electron chi connectivity index (χ1n) is 10.1. The fourth-order valence-electron chi connectivity index (χ4n) is 4.61. The predicted molar refractivity (Wildman–Crippen MR) is 108 cm³/mol. The van der Waals surface area contributed by atoms with Crippen molar-refractivity contribution in [2.45, 2.75) is 31.9 Å². The molecule has 1 atom stereocenters. The van der Waals surface area contributed by atoms with Gasteiger partial charge in [-0.25, -0.2) is 4.39 Å². The number of fused-ring (bicyclic) bond motifs is 2. The summed E-state index contributed by atoms with van der Waals surface area (Å²) in [5, 5.41) is 12.3. The molecule has 0 bridgehead atoms. The van der Waals surface area contributed by atoms with E-state index in [1.54, 1.807) is 6.07 Å². The first kappa shape index (κ1) is 18.3. The van der Waals surface area contributed by atoms with Crippen molar-refractivity contribution < 1.29 is 19.0 Å². The Morgan fingerprint density at radius 2 is 2.10 bits per heavy atom. The van der Waals surface area contributed by atoms with Gasteiger partial charge in [0.15, 0.2) is 0 Å². The van der Waals surface area contributed by atoms with Crippen molar-refractivity contribution in [3.63, 3.8) is 0 Å². The van der Waals surface area contributed by atoms with Gasteiger partial charge in [0.25, 0.3) is 5.91 Å². The SMILES string of the molecule is O=C1Nc2ccc(F)cc2C1=C1OCc2cc(CCN3CCCC3CO)ccc21. The second kappa shape index (κ2) is 7.28. The minimum Gasteiger partial charge on any atom is -0.487 e. The molecule has 0 aliphatic carbocycles. The molecule has 3 aliphatic rings. The van der Waals surface area contributed by atoms with Crippen LogP contribution in [0.5, 0.6) is 0 Å². The van der Waals surface area contributed by atoms with Crippen LogP contribution in [0.15, 0.2) is 36.4 Å². The summed E-state index contributed by atoms with van der Waals surface area (Å²) >= 11 is 0. The average Bonchev–Trinajstić information content (AvgIpc) is 3.42. The van der Waals surface area contributed by atoms with Gasteiger partial charge >= 0.3 is 0 Å². The standard InChI is InChI=1S/C23H23FN2O3/c24-16-4-6-20-19(11-16)21(23(28)25-20)22-18-5-3-14(10-15(18)13-29-22)7-9-26-8-1-2-17(26)12-27/h3-6,10-11,17,27H,1-2,7-9,12-13H2,(H,25,28). The van der Waals surface area contributed by atoms with Crippen molar-refractivity contribution in [1.29, 1.82) is 0 Å². The molecule has 6 heteroatoms. The number of ether oxygens (including phenoxy) is 1. The molecule has 0 radical (unpaired) electrons. The maximum atomic E-state index is 13.7. The third-order valence-electron chi connectivity index (χ3n) is 6.14. The second-order valence-corrected chi connectivity index (χ2v) is 7.89. The molecule has 2 aromatic carbocycles. The Balaban J connectivity index is 1.41. The van der Waals surface area contributed by atoms with Gasteiger partial charge in [-0.3, -0.25) is 9.69 Å². The summed E-state index contributed by atoms with van der Waals surface area (Å²) in [7, 11) is 0. The second-order valence-electron chi connectivity index (χ2n) is 7.89. The zero-order valence-electron chi connectivity index (χ0n) is 16.1. The van der Waals surface area contributed by atoms with E-state index < -0.39 is 0 Å². The molecular formula is C23H23FN2O3. The first-order chi connectivity index (χ1) is 14.1. The van der Waals surface area contributed by atoms with Gasteiger partial charge in [0, 0.05) is 35.0 Å². The summed E-state index contributed by atoms with van der Waals surface area (Å²) in [6, 6.07) is 10.8. The average molecular weight is 394 g/mol. The number of hydrogen-bond acceptors (Lipinski definition) is 4. The topological polar surface area (TPSA) is 61.8 Å². The lowest BCUT2D eigenvalue weighted by molar-refractivity contribution is -0.110. The van der Waals surface area contributed by atoms with Gasteiger partial charge in [-0.1, -0.05) is 18.2 Å². The molecule has 2 N–H and O–H groups in total. The van der Waals surface area contributed by atoms with Gasteiger partial charge in [0.1, 0.15) is 18.2 Å². The quantitative estimate of drug-likeness (QED) is 0.782. The van der Waals surface area contributed by atoms with Crippen molar-refractivity contribution >= 4 is 22.9 Å². The van der Waals surface area contributed by atoms with Crippen LogP contribution in [0.25, 0.3) is 11.3 Å². The molecule has 1 fully saturated rings. The third-order valence-corrected chi connectivity index (χ3v) is 6.14. The monoisotopic (exact) mass is 394 g/mol. The summed E-state index contributed by atoms with van der Waals surface area (Å²) in [5.41, 5.74) is 4.70. The van der Waals surface area contributed by atoms with Crippen LogP contribution in [-0.2, 0) is 22.6 Å². The molecule has 0 saturated carbocycles. The maximum Gasteiger partial charge on any atom is 0.260 e. The Hall–Kier alpha value is -2.70. The molecule has 3 aliphatic heterocycles. The van der Waals surface area contributed by atoms with E-state index in [1.807, 2.05) is 6.07 Å². The summed E-state index contributed by atoms with van der Waals surface area (Å²) in [6.45, 7) is 2.59. The van der Waals surface area contributed by atoms with Gasteiger partial charge < -0.3 is 15.2 Å². The number of amides is 1. The van der Waals surface area contributed by atoms with Crippen LogP contribution >= 0.6 is 0 Å². The van der Waals surface area contributed by atoms with E-state index in [9.17, 15) is 14.3 Å². The Bertz CT molecular complexity index is 1020. The van der Waals surface area contributed by atoms with Crippen LogP contribution in [-0.4, -0.2) is 41.7 Å². The molecule has 1 saturated heterocycles. The fourth-order valence-corrected chi connectivity index (χ4v) is 4.61. The minimum atomic E-state index is -0.380. The van der Waals surface area contributed by atoms with Gasteiger partial charge in [-0.15, -0.1) is 0 Å². The molecule has 0 aromatic heterocycles. The van der Waals surface area contributed by atoms with Crippen molar-refractivity contribution in [2.24, 2.45) is 0 Å². The zero-order chi connectivity index (χ0) is 20.0. The lowest BCUT2D eigenvalue weighted by atomic mass is 9.98. The van der Waals surface area contributed by atoms with Gasteiger partial charge in [-0.2, -0.15) is 0 Å². The van der Waals surface area contributed by atoms with Crippen LogP contribution in [0.3, 0.4) is 0 Å². The summed E-state index contributed by atoms with van der Waals surface area (Å²) in [6.07, 6.45) is 3.12. The third kappa shape index (κ3) is 3.22. The zero-order valence-corrected chi connectivity index (χ0v) is 16.1. The normalized spacial score (nSPS) is 23.1. The van der Waals surface area contributed by atoms with Crippen molar-refractivity contribution in [2.75, 3.05) is 25.0 Å². The Labute approximate surface area is 168 Å². The molecule has 2 aromatic rings. The molecule has 5 rings (SSSR count). The summed E-state index contributed by atoms with van der Waals surface area (Å²) < 4.78 is 19.6. The van der Waals surface area contributed by atoms with Gasteiger partial charge in [0.05, 0.1) is 12.2 Å². The highest BCUT2D eigenvalue weighted by Crippen LogP contribution is 2.42. The predicted octanol–water partition coefficient (Wildman–Crippen LogP) is 3.18. The maximum absolute atomic E-state index is 13.7. The molecule has 3 heterocycles. The number of aliphatic hydroxyl groups is 1. The number of nitrogens with zero attached hydrogens (tertiary/aromatic N) is 1. The number of rotatable bonds is 4. The highest BCUT2D eigenvalue weighted by Gasteiger charge is 2.33. The fraction of sp³-hybridized carbons (Fsp3) is 0.348. The Morgan fingerprint density at radius 1 is 1.21 bits per heavy atom.